The van der Waals surface area contributed by atoms with Gasteiger partial charge >= 0.3 is 0 Å². The van der Waals surface area contributed by atoms with Crippen LogP contribution in [0.15, 0.2) is 0 Å². The van der Waals surface area contributed by atoms with E-state index < -0.39 is 90.1 Å². The molecule has 0 N–H and O–H groups in total. The van der Waals surface area contributed by atoms with Crippen LogP contribution in [-0.2, 0) is 39.3 Å². The molecule has 0 saturated heterocycles. The number of sulfone groups is 2. The predicted octanol–water partition coefficient (Wildman–Crippen LogP) is 3.30. The molecule has 0 spiro atoms. The zero-order chi connectivity index (χ0) is 28.8. The largest absolute Gasteiger partial charge is 0.282 e. The summed E-state index contributed by atoms with van der Waals surface area (Å²) < 4.78 is 76.7. The highest BCUT2D eigenvalue weighted by Gasteiger charge is 2.32. The van der Waals surface area contributed by atoms with Crippen molar-refractivity contribution in [2.24, 2.45) is 0 Å². The average molecular weight is 622 g/mol. The molecule has 0 amide bonds. The molecule has 0 aromatic heterocycles. The molecule has 0 aliphatic rings. The number of hydrogen-bond acceptors (Lipinski definition) is 8. The van der Waals surface area contributed by atoms with E-state index in [-0.39, 0.29) is 17.3 Å². The minimum atomic E-state index is -4.02. The highest BCUT2D eigenvalue weighted by Crippen LogP contribution is 2.17. The first kappa shape index (κ1) is 35.8. The number of nitrogens with zero attached hydrogens (tertiary/aromatic N) is 1. The Morgan fingerprint density at radius 3 is 1.08 bits per heavy atom. The smallest absolute Gasteiger partial charge is 0.247 e. The number of carbonyl (C=O) groups is 2. The van der Waals surface area contributed by atoms with E-state index >= 15 is 0 Å². The molecule has 0 radical (unpaired) electrons. The van der Waals surface area contributed by atoms with Gasteiger partial charge in [-0.2, -0.15) is 0 Å². The maximum absolute atomic E-state index is 13.1. The van der Waals surface area contributed by atoms with Gasteiger partial charge in [-0.25, -0.2) is 29.6 Å². The van der Waals surface area contributed by atoms with Crippen LogP contribution in [0.5, 0.6) is 0 Å². The van der Waals surface area contributed by atoms with E-state index in [1.54, 1.807) is 0 Å². The van der Waals surface area contributed by atoms with Gasteiger partial charge in [0.2, 0.25) is 39.9 Å². The Labute approximate surface area is 222 Å². The lowest BCUT2D eigenvalue weighted by atomic mass is 10.4. The summed E-state index contributed by atoms with van der Waals surface area (Å²) >= 11 is 0. The average Bonchev–Trinajstić information content (AvgIpc) is 2.67. The third kappa shape index (κ3) is 15.3. The van der Waals surface area contributed by atoms with Gasteiger partial charge in [-0.1, -0.05) is 58.9 Å². The van der Waals surface area contributed by atoms with Crippen molar-refractivity contribution in [2.45, 2.75) is 89.9 Å². The molecule has 0 fully saturated rings. The zero-order valence-corrected chi connectivity index (χ0v) is 29.0. The topological polar surface area (TPSA) is 140 Å². The third-order valence-corrected chi connectivity index (χ3v) is 17.1. The molecule has 36 heavy (non-hydrogen) atoms. The summed E-state index contributed by atoms with van der Waals surface area (Å²) in [6, 6.07) is 1.28. The molecule has 0 rings (SSSR count). The molecule has 9 nitrogen and oxygen atoms in total. The Bertz CT molecular complexity index is 1020. The summed E-state index contributed by atoms with van der Waals surface area (Å²) in [5.74, 6) is -0.731. The summed E-state index contributed by atoms with van der Waals surface area (Å²) in [5.41, 5.74) is 0. The van der Waals surface area contributed by atoms with Crippen LogP contribution in [0.1, 0.15) is 12.8 Å². The number of hydrogen-bond donors (Lipinski definition) is 0. The second-order valence-corrected chi connectivity index (χ2v) is 36.2. The second kappa shape index (κ2) is 13.2. The Balaban J connectivity index is 5.57. The van der Waals surface area contributed by atoms with E-state index in [0.29, 0.717) is 18.1 Å². The molecule has 214 valence electrons. The van der Waals surface area contributed by atoms with Crippen molar-refractivity contribution in [2.75, 3.05) is 30.3 Å². The van der Waals surface area contributed by atoms with Gasteiger partial charge in [-0.05, 0) is 18.1 Å². The van der Waals surface area contributed by atoms with Crippen molar-refractivity contribution >= 4 is 64.1 Å². The Hall–Kier alpha value is -0.199. The van der Waals surface area contributed by atoms with Crippen molar-refractivity contribution in [3.63, 3.8) is 0 Å². The fourth-order valence-corrected chi connectivity index (χ4v) is 15.6. The lowest BCUT2D eigenvalue weighted by Gasteiger charge is -2.24. The van der Waals surface area contributed by atoms with Crippen molar-refractivity contribution in [1.29, 1.82) is 0 Å². The van der Waals surface area contributed by atoms with Gasteiger partial charge in [-0.15, -0.1) is 0 Å². The lowest BCUT2D eigenvalue weighted by Crippen LogP contribution is -2.39. The Morgan fingerprint density at radius 1 is 0.528 bits per heavy atom. The van der Waals surface area contributed by atoms with Gasteiger partial charge in [0.1, 0.15) is 0 Å². The van der Waals surface area contributed by atoms with Crippen LogP contribution in [0.25, 0.3) is 0 Å². The molecule has 0 atom stereocenters. The summed E-state index contributed by atoms with van der Waals surface area (Å²) in [7, 11) is -17.1. The van der Waals surface area contributed by atoms with Gasteiger partial charge in [0.15, 0.2) is 0 Å². The predicted molar refractivity (Wildman–Crippen MR) is 157 cm³/mol. The van der Waals surface area contributed by atoms with E-state index in [2.05, 4.69) is 0 Å². The first-order valence-corrected chi connectivity index (χ1v) is 28.3. The number of sulfonamides is 1. The fourth-order valence-electron chi connectivity index (χ4n) is 2.81. The molecule has 0 bridgehead atoms. The summed E-state index contributed by atoms with van der Waals surface area (Å²) in [4.78, 5) is 24.9. The first-order chi connectivity index (χ1) is 15.8. The Kier molecular flexibility index (Phi) is 13.2. The summed E-state index contributed by atoms with van der Waals surface area (Å²) in [6.07, 6.45) is -1.06. The van der Waals surface area contributed by atoms with E-state index in [1.807, 2.05) is 58.9 Å². The number of rotatable bonds is 16. The van der Waals surface area contributed by atoms with Gasteiger partial charge in [0.05, 0.1) is 17.3 Å². The molecule has 0 aromatic carbocycles. The normalized spacial score (nSPS) is 14.3. The second-order valence-electron chi connectivity index (χ2n) is 13.0. The van der Waals surface area contributed by atoms with Gasteiger partial charge < -0.3 is 0 Å². The minimum absolute atomic E-state index is 0.199. The van der Waals surface area contributed by atoms with Gasteiger partial charge in [0.25, 0.3) is 0 Å². The quantitative estimate of drug-likeness (QED) is 0.239. The van der Waals surface area contributed by atoms with Crippen molar-refractivity contribution in [1.82, 2.24) is 4.31 Å². The highest BCUT2D eigenvalue weighted by atomic mass is 32.2. The maximum Gasteiger partial charge on any atom is 0.247 e. The lowest BCUT2D eigenvalue weighted by molar-refractivity contribution is -0.112. The van der Waals surface area contributed by atoms with Gasteiger partial charge in [0, 0.05) is 50.2 Å². The van der Waals surface area contributed by atoms with Crippen LogP contribution < -0.4 is 0 Å². The maximum atomic E-state index is 13.1. The highest BCUT2D eigenvalue weighted by molar-refractivity contribution is 8.06. The molecule has 0 saturated carbocycles. The van der Waals surface area contributed by atoms with Gasteiger partial charge in [-0.3, -0.25) is 9.59 Å². The van der Waals surface area contributed by atoms with E-state index in [4.69, 9.17) is 0 Å². The van der Waals surface area contributed by atoms with Crippen LogP contribution in [-0.4, -0.2) is 94.4 Å². The van der Waals surface area contributed by atoms with Crippen molar-refractivity contribution < 1.29 is 34.8 Å². The van der Waals surface area contributed by atoms with Crippen LogP contribution in [0.2, 0.25) is 77.1 Å². The van der Waals surface area contributed by atoms with Crippen molar-refractivity contribution in [3.8, 4) is 0 Å². The summed E-state index contributed by atoms with van der Waals surface area (Å²) in [6.45, 7) is 17.2. The monoisotopic (exact) mass is 621 g/mol. The van der Waals surface area contributed by atoms with Crippen LogP contribution in [0.4, 0.5) is 0 Å². The van der Waals surface area contributed by atoms with Crippen molar-refractivity contribution in [3.05, 3.63) is 0 Å². The molecule has 0 unspecified atom stereocenters. The number of carbonyl (C=O) groups excluding carboxylic acids is 2. The van der Waals surface area contributed by atoms with Crippen LogP contribution in [0.3, 0.4) is 0 Å². The van der Waals surface area contributed by atoms with E-state index in [9.17, 15) is 34.8 Å². The first-order valence-electron chi connectivity index (χ1n) is 12.3. The molecule has 0 aliphatic heterocycles. The molecule has 15 heteroatoms. The molecular formula is C21H47NO8S3Si3. The van der Waals surface area contributed by atoms with E-state index in [1.165, 1.54) is 0 Å². The standard InChI is InChI=1S/C21H47NO8S3Si3/c1-34(2,3)17-14-31(25,26)20(23)10-12-22(33(29,30)16-19-36(7,8)9)13-11-21(24)32(27,28)15-18-35(4,5)6/h10-19H2,1-9H3. The minimum Gasteiger partial charge on any atom is -0.282 e. The zero-order valence-electron chi connectivity index (χ0n) is 23.5. The third-order valence-electron chi connectivity index (χ3n) is 5.57. The van der Waals surface area contributed by atoms with E-state index in [0.717, 1.165) is 4.31 Å². The summed E-state index contributed by atoms with van der Waals surface area (Å²) in [5, 5.41) is -2.06. The molecular weight excluding hydrogens is 575 g/mol. The molecule has 0 aliphatic carbocycles. The fraction of sp³-hybridized carbons (Fsp3) is 0.905. The Morgan fingerprint density at radius 2 is 0.806 bits per heavy atom. The SMILES string of the molecule is C[Si](C)(C)CCS(=O)(=O)C(=O)CCN(CCC(=O)S(=O)(=O)CC[Si](C)(C)C)S(=O)(=O)CC[Si](C)(C)C. The van der Waals surface area contributed by atoms with Crippen LogP contribution >= 0.6 is 0 Å². The van der Waals surface area contributed by atoms with Crippen LogP contribution in [0, 0.1) is 0 Å². The molecule has 0 heterocycles. The molecule has 0 aromatic rings.